The zero-order valence-electron chi connectivity index (χ0n) is 11.6. The number of hydrogen-bond donors (Lipinski definition) is 2. The van der Waals surface area contributed by atoms with Gasteiger partial charge < -0.3 is 11.1 Å². The topological polar surface area (TPSA) is 38.0 Å². The molecule has 0 atom stereocenters. The number of nitrogen functional groups attached to an aromatic ring is 1. The minimum atomic E-state index is 0. The number of para-hydroxylation sites is 3. The molecule has 3 N–H and O–H groups in total. The fraction of sp³-hybridized carbons (Fsp3) is 0. The molecular weight excluding hydrogens is 280 g/mol. The third-order valence-electron chi connectivity index (χ3n) is 2.64. The Labute approximate surface area is 132 Å². The summed E-state index contributed by atoms with van der Waals surface area (Å²) >= 11 is 0. The highest BCUT2D eigenvalue weighted by Gasteiger charge is 1.89. The molecule has 0 bridgehead atoms. The molecule has 0 amide bonds. The Bertz CT molecular complexity index is 560. The average Bonchev–Trinajstić information content (AvgIpc) is 2.51. The highest BCUT2D eigenvalue weighted by Crippen LogP contribution is 2.14. The van der Waals surface area contributed by atoms with Crippen molar-refractivity contribution in [2.45, 2.75) is 0 Å². The summed E-state index contributed by atoms with van der Waals surface area (Å²) in [5.41, 5.74) is 8.42. The normalized spacial score (nSPS) is 8.76. The summed E-state index contributed by atoms with van der Waals surface area (Å²) in [6.45, 7) is 0. The summed E-state index contributed by atoms with van der Waals surface area (Å²) in [5.74, 6) is 0. The Morgan fingerprint density at radius 3 is 1.14 bits per heavy atom. The molecule has 0 spiro atoms. The molecule has 3 rings (SSSR count). The number of nitrogens with one attached hydrogen (secondary N) is 1. The fourth-order valence-electron chi connectivity index (χ4n) is 1.66. The minimum absolute atomic E-state index is 0. The molecule has 0 saturated heterocycles. The van der Waals surface area contributed by atoms with Gasteiger partial charge in [0.25, 0.3) is 0 Å². The Hall–Kier alpha value is -2.45. The Morgan fingerprint density at radius 1 is 0.524 bits per heavy atom. The Morgan fingerprint density at radius 2 is 0.857 bits per heavy atom. The Kier molecular flexibility index (Phi) is 7.47. The van der Waals surface area contributed by atoms with Gasteiger partial charge in [0, 0.05) is 17.1 Å². The lowest BCUT2D eigenvalue weighted by Crippen LogP contribution is -1.87. The van der Waals surface area contributed by atoms with Crippen molar-refractivity contribution < 1.29 is 0 Å². The second-order valence-corrected chi connectivity index (χ2v) is 4.27. The van der Waals surface area contributed by atoms with E-state index in [0.717, 1.165) is 17.1 Å². The minimum Gasteiger partial charge on any atom is -0.399 e. The van der Waals surface area contributed by atoms with Crippen LogP contribution < -0.4 is 11.1 Å². The van der Waals surface area contributed by atoms with E-state index in [1.165, 1.54) is 0 Å². The van der Waals surface area contributed by atoms with Crippen LogP contribution in [-0.2, 0) is 0 Å². The lowest BCUT2D eigenvalue weighted by atomic mass is 10.3. The summed E-state index contributed by atoms with van der Waals surface area (Å²) in [6, 6.07) is 29.8. The third kappa shape index (κ3) is 6.50. The summed E-state index contributed by atoms with van der Waals surface area (Å²) < 4.78 is 0. The standard InChI is InChI=1S/C12H11N.C6H7N.ClH/c1-3-7-11(8-4-1)13-12-9-5-2-6-10-12;7-6-4-2-1-3-5-6;/h1-10,13H;1-5H,7H2;1H. The zero-order valence-corrected chi connectivity index (χ0v) is 12.5. The highest BCUT2D eigenvalue weighted by atomic mass is 35.5. The quantitative estimate of drug-likeness (QED) is 0.644. The van der Waals surface area contributed by atoms with Crippen molar-refractivity contribution in [3.05, 3.63) is 91.0 Å². The van der Waals surface area contributed by atoms with Crippen LogP contribution in [0.25, 0.3) is 0 Å². The molecule has 2 nitrogen and oxygen atoms in total. The number of benzene rings is 3. The molecule has 3 heteroatoms. The van der Waals surface area contributed by atoms with Crippen LogP contribution in [0.2, 0.25) is 0 Å². The average molecular weight is 299 g/mol. The largest absolute Gasteiger partial charge is 0.399 e. The third-order valence-corrected chi connectivity index (χ3v) is 2.64. The van der Waals surface area contributed by atoms with Crippen LogP contribution in [0.1, 0.15) is 0 Å². The lowest BCUT2D eigenvalue weighted by Gasteiger charge is -2.04. The maximum Gasteiger partial charge on any atom is 0.0384 e. The van der Waals surface area contributed by atoms with E-state index in [0.29, 0.717) is 0 Å². The molecule has 0 aliphatic heterocycles. The zero-order chi connectivity index (χ0) is 14.0. The number of halogens is 1. The maximum atomic E-state index is 5.36. The van der Waals surface area contributed by atoms with Gasteiger partial charge in [-0.15, -0.1) is 12.4 Å². The van der Waals surface area contributed by atoms with Gasteiger partial charge in [-0.3, -0.25) is 0 Å². The van der Waals surface area contributed by atoms with Gasteiger partial charge in [-0.05, 0) is 36.4 Å². The van der Waals surface area contributed by atoms with E-state index >= 15 is 0 Å². The number of hydrogen-bond acceptors (Lipinski definition) is 2. The van der Waals surface area contributed by atoms with Crippen molar-refractivity contribution in [3.63, 3.8) is 0 Å². The van der Waals surface area contributed by atoms with Gasteiger partial charge >= 0.3 is 0 Å². The van der Waals surface area contributed by atoms with Gasteiger partial charge in [-0.1, -0.05) is 54.6 Å². The van der Waals surface area contributed by atoms with Crippen molar-refractivity contribution >= 4 is 29.5 Å². The molecule has 0 radical (unpaired) electrons. The molecule has 0 unspecified atom stereocenters. The van der Waals surface area contributed by atoms with E-state index in [1.807, 2.05) is 91.0 Å². The maximum absolute atomic E-state index is 5.36. The summed E-state index contributed by atoms with van der Waals surface area (Å²) in [7, 11) is 0. The summed E-state index contributed by atoms with van der Waals surface area (Å²) in [4.78, 5) is 0. The van der Waals surface area contributed by atoms with E-state index in [9.17, 15) is 0 Å². The van der Waals surface area contributed by atoms with Crippen LogP contribution in [0.15, 0.2) is 91.0 Å². The van der Waals surface area contributed by atoms with Crippen molar-refractivity contribution in [1.82, 2.24) is 0 Å². The molecule has 0 aliphatic carbocycles. The van der Waals surface area contributed by atoms with Gasteiger partial charge in [0.2, 0.25) is 0 Å². The van der Waals surface area contributed by atoms with E-state index in [1.54, 1.807) is 0 Å². The molecule has 108 valence electrons. The molecule has 0 fully saturated rings. The molecule has 0 saturated carbocycles. The molecule has 21 heavy (non-hydrogen) atoms. The van der Waals surface area contributed by atoms with Crippen LogP contribution in [0.4, 0.5) is 17.1 Å². The molecule has 3 aromatic rings. The molecule has 3 aromatic carbocycles. The van der Waals surface area contributed by atoms with E-state index in [2.05, 4.69) is 5.32 Å². The first-order valence-electron chi connectivity index (χ1n) is 6.52. The van der Waals surface area contributed by atoms with Crippen molar-refractivity contribution in [2.75, 3.05) is 11.1 Å². The first kappa shape index (κ1) is 16.6. The van der Waals surface area contributed by atoms with Crippen molar-refractivity contribution in [1.29, 1.82) is 0 Å². The van der Waals surface area contributed by atoms with Crippen molar-refractivity contribution in [2.24, 2.45) is 0 Å². The van der Waals surface area contributed by atoms with Crippen LogP contribution in [-0.4, -0.2) is 0 Å². The van der Waals surface area contributed by atoms with Gasteiger partial charge in [-0.25, -0.2) is 0 Å². The van der Waals surface area contributed by atoms with Crippen LogP contribution in [0.3, 0.4) is 0 Å². The highest BCUT2D eigenvalue weighted by molar-refractivity contribution is 5.85. The van der Waals surface area contributed by atoms with Gasteiger partial charge in [-0.2, -0.15) is 0 Å². The molecule has 0 aromatic heterocycles. The van der Waals surface area contributed by atoms with Gasteiger partial charge in [0.05, 0.1) is 0 Å². The van der Waals surface area contributed by atoms with E-state index in [4.69, 9.17) is 5.73 Å². The first-order chi connectivity index (χ1) is 9.84. The van der Waals surface area contributed by atoms with E-state index in [-0.39, 0.29) is 12.4 Å². The number of rotatable bonds is 2. The number of nitrogens with two attached hydrogens (primary N) is 1. The Balaban J connectivity index is 0.000000236. The van der Waals surface area contributed by atoms with Crippen LogP contribution in [0, 0.1) is 0 Å². The predicted octanol–water partition coefficient (Wildman–Crippen LogP) is 5.12. The SMILES string of the molecule is Cl.Nc1ccccc1.c1ccc(Nc2ccccc2)cc1. The second kappa shape index (κ2) is 9.45. The fourth-order valence-corrected chi connectivity index (χ4v) is 1.66. The number of anilines is 3. The molecule has 0 heterocycles. The van der Waals surface area contributed by atoms with E-state index < -0.39 is 0 Å². The predicted molar refractivity (Wildman–Crippen MR) is 94.3 cm³/mol. The molecular formula is C18H19ClN2. The monoisotopic (exact) mass is 298 g/mol. The summed E-state index contributed by atoms with van der Waals surface area (Å²) in [6.07, 6.45) is 0. The van der Waals surface area contributed by atoms with Gasteiger partial charge in [0.1, 0.15) is 0 Å². The summed E-state index contributed by atoms with van der Waals surface area (Å²) in [5, 5.41) is 3.30. The second-order valence-electron chi connectivity index (χ2n) is 4.27. The van der Waals surface area contributed by atoms with Gasteiger partial charge in [0.15, 0.2) is 0 Å². The van der Waals surface area contributed by atoms with Crippen molar-refractivity contribution in [3.8, 4) is 0 Å². The molecule has 0 aliphatic rings. The van der Waals surface area contributed by atoms with Crippen LogP contribution in [0.5, 0.6) is 0 Å². The lowest BCUT2D eigenvalue weighted by molar-refractivity contribution is 1.55. The first-order valence-corrected chi connectivity index (χ1v) is 6.52. The van der Waals surface area contributed by atoms with Crippen LogP contribution >= 0.6 is 12.4 Å². The smallest absolute Gasteiger partial charge is 0.0384 e.